The lowest BCUT2D eigenvalue weighted by Gasteiger charge is -2.31. The smallest absolute Gasteiger partial charge is 0.355 e. The number of aliphatic imine (C=N–C) groups is 1. The summed E-state index contributed by atoms with van der Waals surface area (Å²) in [4.78, 5) is 30.9. The van der Waals surface area contributed by atoms with Gasteiger partial charge in [-0.25, -0.2) is 4.99 Å². The van der Waals surface area contributed by atoms with E-state index in [0.717, 1.165) is 29.5 Å². The van der Waals surface area contributed by atoms with Gasteiger partial charge >= 0.3 is 6.18 Å². The van der Waals surface area contributed by atoms with Crippen LogP contribution in [-0.4, -0.2) is 33.7 Å². The van der Waals surface area contributed by atoms with E-state index in [1.54, 1.807) is 31.2 Å². The van der Waals surface area contributed by atoms with Gasteiger partial charge in [0.15, 0.2) is 5.17 Å². The van der Waals surface area contributed by atoms with Crippen molar-refractivity contribution in [3.8, 4) is 0 Å². The Morgan fingerprint density at radius 1 is 1.26 bits per heavy atom. The van der Waals surface area contributed by atoms with Crippen molar-refractivity contribution < 1.29 is 22.8 Å². The number of thioether (sulfide) groups is 1. The van der Waals surface area contributed by atoms with E-state index in [2.05, 4.69) is 10.3 Å². The number of carbonyl (C=O) groups is 2. The molecule has 3 rings (SSSR count). The van der Waals surface area contributed by atoms with Crippen LogP contribution in [0.3, 0.4) is 0 Å². The molecule has 2 aromatic rings. The molecule has 0 bridgehead atoms. The van der Waals surface area contributed by atoms with E-state index in [1.165, 1.54) is 17.0 Å². The van der Waals surface area contributed by atoms with E-state index >= 15 is 0 Å². The number of nitrogens with one attached hydrogen (secondary N) is 1. The van der Waals surface area contributed by atoms with Gasteiger partial charge in [0.05, 0.1) is 23.0 Å². The highest BCUT2D eigenvalue weighted by Gasteiger charge is 2.36. The molecule has 1 fully saturated rings. The van der Waals surface area contributed by atoms with Crippen LogP contribution in [0.15, 0.2) is 53.5 Å². The number of amidine groups is 1. The monoisotopic (exact) mass is 469 g/mol. The highest BCUT2D eigenvalue weighted by Crippen LogP contribution is 2.34. The third kappa shape index (κ3) is 6.01. The highest BCUT2D eigenvalue weighted by atomic mass is 35.5. The molecule has 0 radical (unpaired) electrons. The summed E-state index contributed by atoms with van der Waals surface area (Å²) in [5.74, 6) is -0.653. The topological polar surface area (TPSA) is 61.8 Å². The fourth-order valence-corrected chi connectivity index (χ4v) is 4.17. The van der Waals surface area contributed by atoms with Crippen LogP contribution in [0.2, 0.25) is 5.02 Å². The number of halogens is 4. The Morgan fingerprint density at radius 3 is 2.61 bits per heavy atom. The maximum Gasteiger partial charge on any atom is 0.416 e. The Hall–Kier alpha value is -2.52. The average molecular weight is 470 g/mol. The molecule has 1 N–H and O–H groups in total. The lowest BCUT2D eigenvalue weighted by molar-refractivity contribution is -0.137. The minimum atomic E-state index is -4.52. The molecule has 1 unspecified atom stereocenters. The molecule has 1 heterocycles. The zero-order chi connectivity index (χ0) is 22.6. The maximum atomic E-state index is 13.1. The average Bonchev–Trinajstić information content (AvgIpc) is 2.71. The van der Waals surface area contributed by atoms with Gasteiger partial charge in [0.25, 0.3) is 0 Å². The van der Waals surface area contributed by atoms with Crippen LogP contribution in [0, 0.1) is 0 Å². The van der Waals surface area contributed by atoms with Crippen LogP contribution in [0.25, 0.3) is 0 Å². The number of benzene rings is 2. The SMILES string of the molecule is CCNC(=O)C1CC(=O)N(Cc2ccc(Cl)cc2)C(=Nc2cccc(C(F)(F)F)c2)S1. The van der Waals surface area contributed by atoms with E-state index < -0.39 is 17.0 Å². The summed E-state index contributed by atoms with van der Waals surface area (Å²) < 4.78 is 39.2. The summed E-state index contributed by atoms with van der Waals surface area (Å²) in [5, 5.41) is 2.67. The standard InChI is InChI=1S/C21H19ClF3N3O2S/c1-2-26-19(30)17-11-18(29)28(12-13-6-8-15(22)9-7-13)20(31-17)27-16-5-3-4-14(10-16)21(23,24)25/h3-10,17H,2,11-12H2,1H3,(H,26,30). The van der Waals surface area contributed by atoms with Crippen molar-refractivity contribution in [2.45, 2.75) is 31.3 Å². The van der Waals surface area contributed by atoms with E-state index in [9.17, 15) is 22.8 Å². The third-order valence-corrected chi connectivity index (χ3v) is 5.87. The first-order chi connectivity index (χ1) is 14.7. The Morgan fingerprint density at radius 2 is 1.97 bits per heavy atom. The summed E-state index contributed by atoms with van der Waals surface area (Å²) in [6.07, 6.45) is -4.55. The summed E-state index contributed by atoms with van der Waals surface area (Å²) in [7, 11) is 0. The normalized spacial score (nSPS) is 18.4. The van der Waals surface area contributed by atoms with Gasteiger partial charge in [0.2, 0.25) is 11.8 Å². The first-order valence-corrected chi connectivity index (χ1v) is 10.7. The molecule has 31 heavy (non-hydrogen) atoms. The van der Waals surface area contributed by atoms with Crippen molar-refractivity contribution >= 4 is 46.0 Å². The molecule has 0 aliphatic carbocycles. The fraction of sp³-hybridized carbons (Fsp3) is 0.286. The zero-order valence-electron chi connectivity index (χ0n) is 16.4. The number of alkyl halides is 3. The van der Waals surface area contributed by atoms with Crippen molar-refractivity contribution in [1.82, 2.24) is 10.2 Å². The minimum absolute atomic E-state index is 0.0360. The molecule has 10 heteroatoms. The van der Waals surface area contributed by atoms with Crippen LogP contribution < -0.4 is 5.32 Å². The lowest BCUT2D eigenvalue weighted by Crippen LogP contribution is -2.46. The van der Waals surface area contributed by atoms with E-state index in [0.29, 0.717) is 11.6 Å². The molecule has 1 atom stereocenters. The summed E-state index contributed by atoms with van der Waals surface area (Å²) in [6.45, 7) is 2.32. The van der Waals surface area contributed by atoms with Crippen molar-refractivity contribution in [3.63, 3.8) is 0 Å². The third-order valence-electron chi connectivity index (χ3n) is 4.44. The van der Waals surface area contributed by atoms with Gasteiger partial charge in [-0.2, -0.15) is 13.2 Å². The molecule has 2 aromatic carbocycles. The zero-order valence-corrected chi connectivity index (χ0v) is 18.0. The number of hydrogen-bond donors (Lipinski definition) is 1. The lowest BCUT2D eigenvalue weighted by atomic mass is 10.2. The molecular weight excluding hydrogens is 451 g/mol. The summed E-state index contributed by atoms with van der Waals surface area (Å²) >= 11 is 6.97. The van der Waals surface area contributed by atoms with Gasteiger partial charge < -0.3 is 5.32 Å². The van der Waals surface area contributed by atoms with Crippen molar-refractivity contribution in [3.05, 3.63) is 64.7 Å². The fourth-order valence-electron chi connectivity index (χ4n) is 2.92. The van der Waals surface area contributed by atoms with Gasteiger partial charge in [-0.1, -0.05) is 41.6 Å². The van der Waals surface area contributed by atoms with Crippen molar-refractivity contribution in [1.29, 1.82) is 0 Å². The number of carbonyl (C=O) groups excluding carboxylic acids is 2. The second kappa shape index (κ2) is 9.74. The molecule has 0 spiro atoms. The molecule has 164 valence electrons. The Balaban J connectivity index is 1.96. The Labute approximate surface area is 186 Å². The first kappa shape index (κ1) is 23.1. The predicted molar refractivity (Wildman–Crippen MR) is 115 cm³/mol. The molecule has 1 aliphatic heterocycles. The largest absolute Gasteiger partial charge is 0.416 e. The minimum Gasteiger partial charge on any atom is -0.355 e. The highest BCUT2D eigenvalue weighted by molar-refractivity contribution is 8.15. The quantitative estimate of drug-likeness (QED) is 0.669. The van der Waals surface area contributed by atoms with E-state index in [1.807, 2.05) is 0 Å². The van der Waals surface area contributed by atoms with Crippen LogP contribution in [-0.2, 0) is 22.3 Å². The number of hydrogen-bond acceptors (Lipinski definition) is 4. The van der Waals surface area contributed by atoms with Gasteiger partial charge in [-0.05, 0) is 42.8 Å². The number of nitrogens with zero attached hydrogens (tertiary/aromatic N) is 2. The molecular formula is C21H19ClF3N3O2S. The van der Waals surface area contributed by atoms with Gasteiger partial charge in [-0.15, -0.1) is 0 Å². The van der Waals surface area contributed by atoms with Crippen LogP contribution in [0.5, 0.6) is 0 Å². The predicted octanol–water partition coefficient (Wildman–Crippen LogP) is 5.02. The van der Waals surface area contributed by atoms with Gasteiger partial charge in [-0.3, -0.25) is 14.5 Å². The summed E-state index contributed by atoms with van der Waals surface area (Å²) in [5.41, 5.74) is -0.0275. The Kier molecular flexibility index (Phi) is 7.27. The van der Waals surface area contributed by atoms with E-state index in [4.69, 9.17) is 11.6 Å². The first-order valence-electron chi connectivity index (χ1n) is 9.42. The number of rotatable bonds is 5. The second-order valence-corrected chi connectivity index (χ2v) is 8.36. The van der Waals surface area contributed by atoms with E-state index in [-0.39, 0.29) is 35.6 Å². The molecule has 0 saturated carbocycles. The maximum absolute atomic E-state index is 13.1. The van der Waals surface area contributed by atoms with Crippen LogP contribution >= 0.6 is 23.4 Å². The second-order valence-electron chi connectivity index (χ2n) is 6.75. The van der Waals surface area contributed by atoms with Crippen LogP contribution in [0.4, 0.5) is 18.9 Å². The molecule has 1 aliphatic rings. The molecule has 1 saturated heterocycles. The van der Waals surface area contributed by atoms with Gasteiger partial charge in [0.1, 0.15) is 0 Å². The Bertz CT molecular complexity index is 996. The number of amides is 2. The summed E-state index contributed by atoms with van der Waals surface area (Å²) in [6, 6.07) is 11.4. The molecule has 2 amide bonds. The molecule has 5 nitrogen and oxygen atoms in total. The van der Waals surface area contributed by atoms with Gasteiger partial charge in [0, 0.05) is 18.0 Å². The van der Waals surface area contributed by atoms with Crippen molar-refractivity contribution in [2.24, 2.45) is 4.99 Å². The van der Waals surface area contributed by atoms with Crippen LogP contribution in [0.1, 0.15) is 24.5 Å². The van der Waals surface area contributed by atoms with Crippen molar-refractivity contribution in [2.75, 3.05) is 6.54 Å². The molecule has 0 aromatic heterocycles.